The van der Waals surface area contributed by atoms with Crippen LogP contribution in [0.15, 0.2) is 34.6 Å². The average Bonchev–Trinajstić information content (AvgIpc) is 2.69. The van der Waals surface area contributed by atoms with E-state index in [0.717, 1.165) is 11.7 Å². The van der Waals surface area contributed by atoms with E-state index in [0.29, 0.717) is 0 Å². The molecule has 0 spiro atoms. The maximum atomic E-state index is 4.06. The van der Waals surface area contributed by atoms with E-state index in [9.17, 15) is 0 Å². The Labute approximate surface area is 105 Å². The van der Waals surface area contributed by atoms with Gasteiger partial charge in [0, 0.05) is 18.5 Å². The molecule has 1 aromatic heterocycles. The summed E-state index contributed by atoms with van der Waals surface area (Å²) in [5.41, 5.74) is 2.63. The smallest absolute Gasteiger partial charge is 0.195 e. The molecule has 4 nitrogen and oxygen atoms in total. The van der Waals surface area contributed by atoms with Crippen LogP contribution >= 0.6 is 11.8 Å². The van der Waals surface area contributed by atoms with E-state index >= 15 is 0 Å². The third kappa shape index (κ3) is 2.87. The number of nitrogens with zero attached hydrogens (tertiary/aromatic N) is 3. The highest BCUT2D eigenvalue weighted by Gasteiger charge is 2.05. The van der Waals surface area contributed by atoms with Crippen molar-refractivity contribution in [3.8, 4) is 0 Å². The Morgan fingerprint density at radius 2 is 2.24 bits per heavy atom. The molecule has 0 fully saturated rings. The zero-order valence-electron chi connectivity index (χ0n) is 10.3. The summed E-state index contributed by atoms with van der Waals surface area (Å²) in [5, 5.41) is 12.0. The van der Waals surface area contributed by atoms with Gasteiger partial charge in [0.1, 0.15) is 6.33 Å². The fourth-order valence-corrected chi connectivity index (χ4v) is 2.45. The molecule has 0 amide bonds. The van der Waals surface area contributed by atoms with Crippen molar-refractivity contribution in [1.29, 1.82) is 0 Å². The van der Waals surface area contributed by atoms with Crippen molar-refractivity contribution < 1.29 is 0 Å². The summed E-state index contributed by atoms with van der Waals surface area (Å²) in [7, 11) is 3.91. The van der Waals surface area contributed by atoms with Gasteiger partial charge in [-0.15, -0.1) is 10.2 Å². The van der Waals surface area contributed by atoms with E-state index in [-0.39, 0.29) is 0 Å². The van der Waals surface area contributed by atoms with Gasteiger partial charge in [-0.05, 0) is 49.0 Å². The first-order valence-electron chi connectivity index (χ1n) is 5.46. The number of hydrogen-bond acceptors (Lipinski definition) is 4. The first kappa shape index (κ1) is 12.1. The first-order chi connectivity index (χ1) is 8.20. The normalized spacial score (nSPS) is 10.8. The summed E-state index contributed by atoms with van der Waals surface area (Å²) in [5.74, 6) is 0. The molecule has 0 aliphatic carbocycles. The van der Waals surface area contributed by atoms with Gasteiger partial charge in [0.15, 0.2) is 5.16 Å². The minimum atomic E-state index is 0.904. The largest absolute Gasteiger partial charge is 0.316 e. The van der Waals surface area contributed by atoms with Gasteiger partial charge in [0.05, 0.1) is 0 Å². The fourth-order valence-electron chi connectivity index (χ4n) is 1.59. The molecule has 0 aliphatic heterocycles. The molecule has 5 heteroatoms. The predicted molar refractivity (Wildman–Crippen MR) is 69.1 cm³/mol. The van der Waals surface area contributed by atoms with Gasteiger partial charge in [-0.25, -0.2) is 0 Å². The zero-order valence-corrected chi connectivity index (χ0v) is 11.1. The van der Waals surface area contributed by atoms with Crippen LogP contribution in [0.1, 0.15) is 11.1 Å². The van der Waals surface area contributed by atoms with E-state index in [4.69, 9.17) is 0 Å². The third-order valence-electron chi connectivity index (χ3n) is 2.56. The molecule has 0 atom stereocenters. The third-order valence-corrected chi connectivity index (χ3v) is 3.60. The predicted octanol–water partition coefficient (Wildman–Crippen LogP) is 1.99. The maximum Gasteiger partial charge on any atom is 0.195 e. The second-order valence-electron chi connectivity index (χ2n) is 3.95. The summed E-state index contributed by atoms with van der Waals surface area (Å²) in [6, 6.07) is 6.47. The lowest BCUT2D eigenvalue weighted by atomic mass is 10.1. The van der Waals surface area contributed by atoms with E-state index in [2.05, 4.69) is 40.6 Å². The number of aromatic nitrogens is 3. The minimum absolute atomic E-state index is 0.904. The molecule has 1 heterocycles. The van der Waals surface area contributed by atoms with Crippen LogP contribution in [0.3, 0.4) is 0 Å². The van der Waals surface area contributed by atoms with Gasteiger partial charge in [-0.2, -0.15) is 0 Å². The molecular weight excluding hydrogens is 232 g/mol. The van der Waals surface area contributed by atoms with Gasteiger partial charge < -0.3 is 9.88 Å². The molecule has 0 radical (unpaired) electrons. The molecule has 0 aliphatic rings. The minimum Gasteiger partial charge on any atom is -0.316 e. The zero-order chi connectivity index (χ0) is 12.3. The van der Waals surface area contributed by atoms with Crippen molar-refractivity contribution in [2.24, 2.45) is 7.05 Å². The second kappa shape index (κ2) is 5.33. The second-order valence-corrected chi connectivity index (χ2v) is 4.99. The summed E-state index contributed by atoms with van der Waals surface area (Å²) in [6.45, 7) is 3.04. The molecule has 17 heavy (non-hydrogen) atoms. The Morgan fingerprint density at radius 3 is 2.82 bits per heavy atom. The number of rotatable bonds is 4. The van der Waals surface area contributed by atoms with Crippen molar-refractivity contribution >= 4 is 11.8 Å². The van der Waals surface area contributed by atoms with E-state index in [1.807, 2.05) is 18.7 Å². The Bertz CT molecular complexity index is 507. The standard InChI is InChI=1S/C12H16N4S/c1-9-6-11(5-4-10(9)7-13-2)17-12-15-14-8-16(12)3/h4-6,8,13H,7H2,1-3H3. The number of hydrogen-bond donors (Lipinski definition) is 1. The molecule has 1 N–H and O–H groups in total. The summed E-state index contributed by atoms with van der Waals surface area (Å²) < 4.78 is 1.92. The quantitative estimate of drug-likeness (QED) is 0.898. The summed E-state index contributed by atoms with van der Waals surface area (Å²) in [6.07, 6.45) is 1.71. The van der Waals surface area contributed by atoms with Gasteiger partial charge in [0.2, 0.25) is 0 Å². The molecule has 0 bridgehead atoms. The van der Waals surface area contributed by atoms with Crippen LogP contribution in [-0.4, -0.2) is 21.8 Å². The van der Waals surface area contributed by atoms with Crippen molar-refractivity contribution in [3.63, 3.8) is 0 Å². The highest BCUT2D eigenvalue weighted by molar-refractivity contribution is 7.99. The molecule has 90 valence electrons. The molecule has 0 unspecified atom stereocenters. The molecule has 1 aromatic carbocycles. The van der Waals surface area contributed by atoms with Gasteiger partial charge in [-0.1, -0.05) is 6.07 Å². The van der Waals surface area contributed by atoms with Gasteiger partial charge >= 0.3 is 0 Å². The van der Waals surface area contributed by atoms with Crippen LogP contribution < -0.4 is 5.32 Å². The van der Waals surface area contributed by atoms with Crippen molar-refractivity contribution in [2.75, 3.05) is 7.05 Å². The highest BCUT2D eigenvalue weighted by atomic mass is 32.2. The highest BCUT2D eigenvalue weighted by Crippen LogP contribution is 2.26. The van der Waals surface area contributed by atoms with E-state index in [1.54, 1.807) is 18.1 Å². The monoisotopic (exact) mass is 248 g/mol. The number of nitrogens with one attached hydrogen (secondary N) is 1. The average molecular weight is 248 g/mol. The lowest BCUT2D eigenvalue weighted by Crippen LogP contribution is -2.06. The molecule has 0 saturated heterocycles. The first-order valence-corrected chi connectivity index (χ1v) is 6.28. The van der Waals surface area contributed by atoms with Gasteiger partial charge in [0.25, 0.3) is 0 Å². The Morgan fingerprint density at radius 1 is 1.41 bits per heavy atom. The van der Waals surface area contributed by atoms with Crippen molar-refractivity contribution in [2.45, 2.75) is 23.5 Å². The Balaban J connectivity index is 2.18. The molecule has 2 aromatic rings. The SMILES string of the molecule is CNCc1ccc(Sc2nncn2C)cc1C. The lowest BCUT2D eigenvalue weighted by Gasteiger charge is -2.07. The van der Waals surface area contributed by atoms with E-state index < -0.39 is 0 Å². The summed E-state index contributed by atoms with van der Waals surface area (Å²) in [4.78, 5) is 1.19. The van der Waals surface area contributed by atoms with Crippen LogP contribution in [-0.2, 0) is 13.6 Å². The van der Waals surface area contributed by atoms with Crippen molar-refractivity contribution in [1.82, 2.24) is 20.1 Å². The molecular formula is C12H16N4S. The van der Waals surface area contributed by atoms with Crippen LogP contribution in [0.5, 0.6) is 0 Å². The van der Waals surface area contributed by atoms with Crippen LogP contribution in [0.4, 0.5) is 0 Å². The van der Waals surface area contributed by atoms with Crippen LogP contribution in [0, 0.1) is 6.92 Å². The van der Waals surface area contributed by atoms with Crippen molar-refractivity contribution in [3.05, 3.63) is 35.7 Å². The van der Waals surface area contributed by atoms with E-state index in [1.165, 1.54) is 16.0 Å². The molecule has 0 saturated carbocycles. The van der Waals surface area contributed by atoms with Gasteiger partial charge in [-0.3, -0.25) is 0 Å². The molecule has 2 rings (SSSR count). The topological polar surface area (TPSA) is 42.7 Å². The lowest BCUT2D eigenvalue weighted by molar-refractivity contribution is 0.788. The number of benzene rings is 1. The Kier molecular flexibility index (Phi) is 3.81. The van der Waals surface area contributed by atoms with Crippen LogP contribution in [0.25, 0.3) is 0 Å². The fraction of sp³-hybridized carbons (Fsp3) is 0.333. The maximum absolute atomic E-state index is 4.06. The Hall–Kier alpha value is -1.33. The van der Waals surface area contributed by atoms with Crippen LogP contribution in [0.2, 0.25) is 0 Å². The number of aryl methyl sites for hydroxylation is 2. The summed E-state index contributed by atoms with van der Waals surface area (Å²) >= 11 is 1.63.